The van der Waals surface area contributed by atoms with Crippen LogP contribution in [-0.2, 0) is 9.59 Å². The van der Waals surface area contributed by atoms with Gasteiger partial charge in [0.15, 0.2) is 0 Å². The van der Waals surface area contributed by atoms with Gasteiger partial charge in [-0.25, -0.2) is 0 Å². The van der Waals surface area contributed by atoms with Gasteiger partial charge in [-0.2, -0.15) is 0 Å². The Kier molecular flexibility index (Phi) is 4.56. The molecule has 3 atom stereocenters. The third-order valence-corrected chi connectivity index (χ3v) is 5.14. The van der Waals surface area contributed by atoms with Crippen molar-refractivity contribution in [3.05, 3.63) is 34.9 Å². The summed E-state index contributed by atoms with van der Waals surface area (Å²) in [6.07, 6.45) is 0.514. The van der Waals surface area contributed by atoms with Gasteiger partial charge in [0, 0.05) is 13.1 Å². The summed E-state index contributed by atoms with van der Waals surface area (Å²) in [5.41, 5.74) is 1.47. The molecule has 1 saturated heterocycles. The zero-order valence-corrected chi connectivity index (χ0v) is 15.1. The molecule has 2 heterocycles. The van der Waals surface area contributed by atoms with Gasteiger partial charge in [-0.15, -0.1) is 0 Å². The van der Waals surface area contributed by atoms with E-state index in [1.807, 2.05) is 13.8 Å². The molecule has 0 bridgehead atoms. The molecule has 26 heavy (non-hydrogen) atoms. The molecular weight excluding hydrogens is 336 g/mol. The molecule has 7 heteroatoms. The molecule has 0 aliphatic carbocycles. The lowest BCUT2D eigenvalue weighted by atomic mass is 9.90. The van der Waals surface area contributed by atoms with E-state index in [0.29, 0.717) is 24.1 Å². The van der Waals surface area contributed by atoms with E-state index in [2.05, 4.69) is 0 Å². The summed E-state index contributed by atoms with van der Waals surface area (Å²) >= 11 is 0. The van der Waals surface area contributed by atoms with Crippen molar-refractivity contribution in [1.82, 2.24) is 9.80 Å². The molecule has 2 aliphatic rings. The lowest BCUT2D eigenvalue weighted by Gasteiger charge is -2.37. The van der Waals surface area contributed by atoms with Gasteiger partial charge in [0.25, 0.3) is 11.8 Å². The fourth-order valence-corrected chi connectivity index (χ4v) is 3.81. The van der Waals surface area contributed by atoms with Crippen molar-refractivity contribution in [1.29, 1.82) is 0 Å². The van der Waals surface area contributed by atoms with Gasteiger partial charge in [0.1, 0.15) is 6.04 Å². The first-order valence-electron chi connectivity index (χ1n) is 8.70. The van der Waals surface area contributed by atoms with Crippen molar-refractivity contribution in [3.8, 4) is 0 Å². The van der Waals surface area contributed by atoms with E-state index in [4.69, 9.17) is 0 Å². The number of amides is 3. The average molecular weight is 358 g/mol. The molecule has 3 unspecified atom stereocenters. The molecule has 1 fully saturated rings. The van der Waals surface area contributed by atoms with E-state index in [1.54, 1.807) is 18.2 Å². The lowest BCUT2D eigenvalue weighted by Crippen LogP contribution is -2.53. The van der Waals surface area contributed by atoms with Crippen LogP contribution < -0.4 is 0 Å². The van der Waals surface area contributed by atoms with Crippen LogP contribution in [0.1, 0.15) is 46.5 Å². The number of nitrogens with zero attached hydrogens (tertiary/aromatic N) is 2. The number of aliphatic carboxylic acids is 1. The van der Waals surface area contributed by atoms with Crippen molar-refractivity contribution in [2.75, 3.05) is 13.1 Å². The van der Waals surface area contributed by atoms with Crippen LogP contribution in [0.5, 0.6) is 0 Å². The highest BCUT2D eigenvalue weighted by molar-refractivity contribution is 6.22. The van der Waals surface area contributed by atoms with E-state index in [-0.39, 0.29) is 12.5 Å². The Morgan fingerprint density at radius 2 is 1.81 bits per heavy atom. The van der Waals surface area contributed by atoms with Crippen LogP contribution in [0, 0.1) is 18.8 Å². The number of carboxylic acid groups (broad SMARTS) is 1. The first-order chi connectivity index (χ1) is 12.2. The quantitative estimate of drug-likeness (QED) is 0.827. The van der Waals surface area contributed by atoms with Crippen LogP contribution >= 0.6 is 0 Å². The number of fused-ring (bicyclic) bond motifs is 1. The summed E-state index contributed by atoms with van der Waals surface area (Å²) in [6, 6.07) is 4.04. The Morgan fingerprint density at radius 3 is 2.46 bits per heavy atom. The second-order valence-corrected chi connectivity index (χ2v) is 7.32. The number of aryl methyl sites for hydroxylation is 1. The number of benzene rings is 1. The van der Waals surface area contributed by atoms with Crippen LogP contribution in [-0.4, -0.2) is 57.7 Å². The standard InChI is InChI=1S/C19H22N2O5/c1-10-4-5-14-15(7-10)18(24)21(17(14)23)12(3)16(22)20-8-11(2)6-13(9-20)19(25)26/h4-5,7,11-13H,6,8-9H2,1-3H3,(H,25,26). The average Bonchev–Trinajstić information content (AvgIpc) is 2.83. The predicted octanol–water partition coefficient (Wildman–Crippen LogP) is 1.55. The summed E-state index contributed by atoms with van der Waals surface area (Å²) in [5, 5.41) is 9.28. The lowest BCUT2D eigenvalue weighted by molar-refractivity contribution is -0.148. The first-order valence-corrected chi connectivity index (χ1v) is 8.70. The highest BCUT2D eigenvalue weighted by Gasteiger charge is 2.43. The molecule has 138 valence electrons. The van der Waals surface area contributed by atoms with E-state index < -0.39 is 35.7 Å². The molecule has 7 nitrogen and oxygen atoms in total. The number of carboxylic acids is 1. The molecule has 3 amide bonds. The second-order valence-electron chi connectivity index (χ2n) is 7.32. The summed E-state index contributed by atoms with van der Waals surface area (Å²) < 4.78 is 0. The minimum absolute atomic E-state index is 0.0471. The molecule has 0 spiro atoms. The highest BCUT2D eigenvalue weighted by Crippen LogP contribution is 2.28. The molecular formula is C19H22N2O5. The summed E-state index contributed by atoms with van der Waals surface area (Å²) in [5.74, 6) is -2.86. The largest absolute Gasteiger partial charge is 0.481 e. The van der Waals surface area contributed by atoms with Crippen LogP contribution in [0.15, 0.2) is 18.2 Å². The van der Waals surface area contributed by atoms with E-state index in [0.717, 1.165) is 10.5 Å². The molecule has 0 aromatic heterocycles. The molecule has 1 aromatic carbocycles. The third kappa shape index (κ3) is 2.98. The van der Waals surface area contributed by atoms with Gasteiger partial charge in [-0.05, 0) is 38.3 Å². The minimum Gasteiger partial charge on any atom is -0.481 e. The van der Waals surface area contributed by atoms with Gasteiger partial charge in [-0.3, -0.25) is 24.1 Å². The maximum atomic E-state index is 12.9. The second kappa shape index (κ2) is 6.55. The number of carbonyl (C=O) groups excluding carboxylic acids is 3. The summed E-state index contributed by atoms with van der Waals surface area (Å²) in [6.45, 7) is 5.77. The summed E-state index contributed by atoms with van der Waals surface area (Å²) in [7, 11) is 0. The summed E-state index contributed by atoms with van der Waals surface area (Å²) in [4.78, 5) is 52.0. The van der Waals surface area contributed by atoms with Crippen molar-refractivity contribution in [3.63, 3.8) is 0 Å². The Labute approximate surface area is 151 Å². The SMILES string of the molecule is Cc1ccc2c(c1)C(=O)N(C(C)C(=O)N1CC(C)CC(C(=O)O)C1)C2=O. The van der Waals surface area contributed by atoms with Crippen LogP contribution in [0.3, 0.4) is 0 Å². The van der Waals surface area contributed by atoms with Crippen LogP contribution in [0.2, 0.25) is 0 Å². The van der Waals surface area contributed by atoms with Gasteiger partial charge < -0.3 is 10.0 Å². The zero-order valence-electron chi connectivity index (χ0n) is 15.1. The van der Waals surface area contributed by atoms with E-state index in [9.17, 15) is 24.3 Å². The van der Waals surface area contributed by atoms with Crippen LogP contribution in [0.25, 0.3) is 0 Å². The predicted molar refractivity (Wildman–Crippen MR) is 92.6 cm³/mol. The number of rotatable bonds is 3. The van der Waals surface area contributed by atoms with Gasteiger partial charge in [0.2, 0.25) is 5.91 Å². The number of piperidine rings is 1. The third-order valence-electron chi connectivity index (χ3n) is 5.14. The topological polar surface area (TPSA) is 95.0 Å². The Morgan fingerprint density at radius 1 is 1.15 bits per heavy atom. The monoisotopic (exact) mass is 358 g/mol. The number of likely N-dealkylation sites (tertiary alicyclic amines) is 1. The number of imide groups is 1. The molecule has 1 N–H and O–H groups in total. The molecule has 3 rings (SSSR count). The molecule has 0 saturated carbocycles. The van der Waals surface area contributed by atoms with Gasteiger partial charge >= 0.3 is 5.97 Å². The van der Waals surface area contributed by atoms with Crippen molar-refractivity contribution in [2.24, 2.45) is 11.8 Å². The Hall–Kier alpha value is -2.70. The number of carbonyl (C=O) groups is 4. The maximum absolute atomic E-state index is 12.9. The normalized spacial score (nSPS) is 23.8. The van der Waals surface area contributed by atoms with E-state index in [1.165, 1.54) is 11.8 Å². The fourth-order valence-electron chi connectivity index (χ4n) is 3.81. The van der Waals surface area contributed by atoms with Crippen molar-refractivity contribution >= 4 is 23.7 Å². The van der Waals surface area contributed by atoms with Crippen molar-refractivity contribution < 1.29 is 24.3 Å². The molecule has 2 aliphatic heterocycles. The van der Waals surface area contributed by atoms with Gasteiger partial charge in [0.05, 0.1) is 17.0 Å². The molecule has 0 radical (unpaired) electrons. The van der Waals surface area contributed by atoms with Gasteiger partial charge in [-0.1, -0.05) is 18.6 Å². The van der Waals surface area contributed by atoms with Crippen molar-refractivity contribution in [2.45, 2.75) is 33.2 Å². The zero-order chi connectivity index (χ0) is 19.2. The van der Waals surface area contributed by atoms with E-state index >= 15 is 0 Å². The molecule has 1 aromatic rings. The fraction of sp³-hybridized carbons (Fsp3) is 0.474. The smallest absolute Gasteiger partial charge is 0.308 e. The first kappa shape index (κ1) is 18.1. The Balaban J connectivity index is 1.82. The minimum atomic E-state index is -0.970. The number of hydrogen-bond acceptors (Lipinski definition) is 4. The highest BCUT2D eigenvalue weighted by atomic mass is 16.4. The Bertz CT molecular complexity index is 803. The number of hydrogen-bond donors (Lipinski definition) is 1. The maximum Gasteiger partial charge on any atom is 0.308 e. The van der Waals surface area contributed by atoms with Crippen LogP contribution in [0.4, 0.5) is 0 Å².